The van der Waals surface area contributed by atoms with Crippen molar-refractivity contribution >= 4 is 11.5 Å². The predicted octanol–water partition coefficient (Wildman–Crippen LogP) is 2.58. The summed E-state index contributed by atoms with van der Waals surface area (Å²) >= 11 is 0. The summed E-state index contributed by atoms with van der Waals surface area (Å²) in [6.45, 7) is 3.52. The number of carbonyl (C=O) groups is 1. The van der Waals surface area contributed by atoms with E-state index in [-0.39, 0.29) is 5.78 Å². The number of ether oxygens (including phenoxy) is 1. The van der Waals surface area contributed by atoms with E-state index >= 15 is 0 Å². The molecule has 1 aliphatic heterocycles. The molecule has 92 valence electrons. The standard InChI is InChI=1S/C14H19NO2/c1-10-2-3-12(9-13(10)15)14(16)8-11-4-6-17-7-5-11/h2-3,9,11H,4-8,15H2,1H3. The van der Waals surface area contributed by atoms with Crippen LogP contribution < -0.4 is 5.73 Å². The minimum Gasteiger partial charge on any atom is -0.398 e. The van der Waals surface area contributed by atoms with Crippen molar-refractivity contribution in [2.75, 3.05) is 18.9 Å². The van der Waals surface area contributed by atoms with Crippen LogP contribution in [0.5, 0.6) is 0 Å². The lowest BCUT2D eigenvalue weighted by atomic mass is 9.91. The third-order valence-electron chi connectivity index (χ3n) is 3.42. The smallest absolute Gasteiger partial charge is 0.163 e. The first-order chi connectivity index (χ1) is 8.16. The van der Waals surface area contributed by atoms with E-state index in [9.17, 15) is 4.79 Å². The molecule has 0 aromatic heterocycles. The molecular weight excluding hydrogens is 214 g/mol. The van der Waals surface area contributed by atoms with E-state index in [0.29, 0.717) is 18.0 Å². The van der Waals surface area contributed by atoms with Gasteiger partial charge >= 0.3 is 0 Å². The fourth-order valence-corrected chi connectivity index (χ4v) is 2.14. The van der Waals surface area contributed by atoms with Crippen LogP contribution in [0.2, 0.25) is 0 Å². The van der Waals surface area contributed by atoms with Gasteiger partial charge in [-0.1, -0.05) is 12.1 Å². The highest BCUT2D eigenvalue weighted by molar-refractivity contribution is 5.97. The Balaban J connectivity index is 2.01. The number of nitrogens with two attached hydrogens (primary N) is 1. The minimum atomic E-state index is 0.198. The Labute approximate surface area is 102 Å². The summed E-state index contributed by atoms with van der Waals surface area (Å²) in [5.74, 6) is 0.669. The summed E-state index contributed by atoms with van der Waals surface area (Å²) in [7, 11) is 0. The molecule has 0 aliphatic carbocycles. The normalized spacial score (nSPS) is 17.0. The van der Waals surface area contributed by atoms with Crippen LogP contribution in [0.3, 0.4) is 0 Å². The van der Waals surface area contributed by atoms with Crippen molar-refractivity contribution in [1.29, 1.82) is 0 Å². The number of ketones is 1. The Morgan fingerprint density at radius 1 is 1.41 bits per heavy atom. The lowest BCUT2D eigenvalue weighted by Gasteiger charge is -2.21. The molecule has 0 atom stereocenters. The maximum absolute atomic E-state index is 12.1. The summed E-state index contributed by atoms with van der Waals surface area (Å²) in [5, 5.41) is 0. The van der Waals surface area contributed by atoms with Crippen molar-refractivity contribution in [2.24, 2.45) is 5.92 Å². The monoisotopic (exact) mass is 233 g/mol. The Morgan fingerprint density at radius 2 is 2.12 bits per heavy atom. The van der Waals surface area contributed by atoms with Gasteiger partial charge in [0.2, 0.25) is 0 Å². The number of aryl methyl sites for hydroxylation is 1. The number of benzene rings is 1. The maximum Gasteiger partial charge on any atom is 0.163 e. The van der Waals surface area contributed by atoms with E-state index in [1.165, 1.54) is 0 Å². The SMILES string of the molecule is Cc1ccc(C(=O)CC2CCOCC2)cc1N. The van der Waals surface area contributed by atoms with Gasteiger partial charge in [0.25, 0.3) is 0 Å². The molecule has 0 radical (unpaired) electrons. The van der Waals surface area contributed by atoms with Crippen molar-refractivity contribution < 1.29 is 9.53 Å². The van der Waals surface area contributed by atoms with E-state index in [4.69, 9.17) is 10.5 Å². The number of hydrogen-bond acceptors (Lipinski definition) is 3. The van der Waals surface area contributed by atoms with Gasteiger partial charge in [0.15, 0.2) is 5.78 Å². The number of Topliss-reactive ketones (excluding diaryl/α,β-unsaturated/α-hetero) is 1. The van der Waals surface area contributed by atoms with E-state index in [0.717, 1.165) is 37.2 Å². The Morgan fingerprint density at radius 3 is 2.76 bits per heavy atom. The summed E-state index contributed by atoms with van der Waals surface area (Å²) in [4.78, 5) is 12.1. The summed E-state index contributed by atoms with van der Waals surface area (Å²) in [6.07, 6.45) is 2.60. The number of anilines is 1. The Hall–Kier alpha value is -1.35. The zero-order chi connectivity index (χ0) is 12.3. The van der Waals surface area contributed by atoms with Gasteiger partial charge in [0.05, 0.1) is 0 Å². The van der Waals surface area contributed by atoms with Crippen LogP contribution in [0.4, 0.5) is 5.69 Å². The molecule has 17 heavy (non-hydrogen) atoms. The van der Waals surface area contributed by atoms with Crippen molar-refractivity contribution in [3.8, 4) is 0 Å². The van der Waals surface area contributed by atoms with Gasteiger partial charge in [-0.2, -0.15) is 0 Å². The number of rotatable bonds is 3. The molecule has 0 unspecified atom stereocenters. The molecule has 0 saturated carbocycles. The highest BCUT2D eigenvalue weighted by atomic mass is 16.5. The predicted molar refractivity (Wildman–Crippen MR) is 68.1 cm³/mol. The number of hydrogen-bond donors (Lipinski definition) is 1. The molecule has 2 N–H and O–H groups in total. The average Bonchev–Trinajstić information content (AvgIpc) is 2.34. The van der Waals surface area contributed by atoms with Gasteiger partial charge in [-0.15, -0.1) is 0 Å². The summed E-state index contributed by atoms with van der Waals surface area (Å²) in [5.41, 5.74) is 8.27. The molecule has 0 bridgehead atoms. The van der Waals surface area contributed by atoms with Gasteiger partial charge in [0, 0.05) is 30.9 Å². The zero-order valence-electron chi connectivity index (χ0n) is 10.2. The first kappa shape index (κ1) is 12.1. The first-order valence-corrected chi connectivity index (χ1v) is 6.14. The van der Waals surface area contributed by atoms with Gasteiger partial charge in [-0.3, -0.25) is 4.79 Å². The first-order valence-electron chi connectivity index (χ1n) is 6.14. The van der Waals surface area contributed by atoms with E-state index in [1.54, 1.807) is 6.07 Å². The van der Waals surface area contributed by atoms with E-state index in [1.807, 2.05) is 19.1 Å². The topological polar surface area (TPSA) is 52.3 Å². The van der Waals surface area contributed by atoms with Crippen molar-refractivity contribution in [1.82, 2.24) is 0 Å². The molecule has 0 amide bonds. The van der Waals surface area contributed by atoms with Gasteiger partial charge in [-0.25, -0.2) is 0 Å². The highest BCUT2D eigenvalue weighted by Crippen LogP contribution is 2.22. The highest BCUT2D eigenvalue weighted by Gasteiger charge is 2.18. The molecule has 1 saturated heterocycles. The van der Waals surface area contributed by atoms with Crippen LogP contribution in [-0.4, -0.2) is 19.0 Å². The second-order valence-electron chi connectivity index (χ2n) is 4.75. The molecule has 2 rings (SSSR count). The zero-order valence-corrected chi connectivity index (χ0v) is 10.2. The fraction of sp³-hybridized carbons (Fsp3) is 0.500. The van der Waals surface area contributed by atoms with Crippen LogP contribution in [0.1, 0.15) is 35.2 Å². The molecule has 3 heteroatoms. The van der Waals surface area contributed by atoms with Crippen LogP contribution in [0.25, 0.3) is 0 Å². The molecule has 1 heterocycles. The van der Waals surface area contributed by atoms with Gasteiger partial charge < -0.3 is 10.5 Å². The molecule has 3 nitrogen and oxygen atoms in total. The Bertz CT molecular complexity index is 409. The molecule has 1 aromatic carbocycles. The van der Waals surface area contributed by atoms with Crippen molar-refractivity contribution in [2.45, 2.75) is 26.2 Å². The molecule has 1 aromatic rings. The van der Waals surface area contributed by atoms with Gasteiger partial charge in [-0.05, 0) is 37.3 Å². The van der Waals surface area contributed by atoms with Crippen LogP contribution in [0.15, 0.2) is 18.2 Å². The number of nitrogen functional groups attached to an aromatic ring is 1. The Kier molecular flexibility index (Phi) is 3.79. The van der Waals surface area contributed by atoms with Crippen molar-refractivity contribution in [3.63, 3.8) is 0 Å². The lowest BCUT2D eigenvalue weighted by molar-refractivity contribution is 0.0601. The molecule has 1 fully saturated rings. The number of carbonyl (C=O) groups excluding carboxylic acids is 1. The molecular formula is C14H19NO2. The average molecular weight is 233 g/mol. The van der Waals surface area contributed by atoms with Crippen LogP contribution in [-0.2, 0) is 4.74 Å². The lowest BCUT2D eigenvalue weighted by Crippen LogP contribution is -2.18. The third-order valence-corrected chi connectivity index (χ3v) is 3.42. The third kappa shape index (κ3) is 3.07. The van der Waals surface area contributed by atoms with E-state index < -0.39 is 0 Å². The largest absolute Gasteiger partial charge is 0.398 e. The fourth-order valence-electron chi connectivity index (χ4n) is 2.14. The van der Waals surface area contributed by atoms with Crippen LogP contribution in [0, 0.1) is 12.8 Å². The van der Waals surface area contributed by atoms with Gasteiger partial charge in [0.1, 0.15) is 0 Å². The minimum absolute atomic E-state index is 0.198. The van der Waals surface area contributed by atoms with E-state index in [2.05, 4.69) is 0 Å². The van der Waals surface area contributed by atoms with Crippen LogP contribution >= 0.6 is 0 Å². The second kappa shape index (κ2) is 5.32. The van der Waals surface area contributed by atoms with Crippen molar-refractivity contribution in [3.05, 3.63) is 29.3 Å². The summed E-state index contributed by atoms with van der Waals surface area (Å²) < 4.78 is 5.29. The maximum atomic E-state index is 12.1. The molecule has 1 aliphatic rings. The second-order valence-corrected chi connectivity index (χ2v) is 4.75. The molecule has 0 spiro atoms. The quantitative estimate of drug-likeness (QED) is 0.645. The summed E-state index contributed by atoms with van der Waals surface area (Å²) in [6, 6.07) is 5.57.